The summed E-state index contributed by atoms with van der Waals surface area (Å²) in [6.07, 6.45) is 0. The van der Waals surface area contributed by atoms with E-state index in [0.717, 1.165) is 5.56 Å². The van der Waals surface area contributed by atoms with E-state index in [4.69, 9.17) is 9.84 Å². The predicted molar refractivity (Wildman–Crippen MR) is 71.3 cm³/mol. The van der Waals surface area contributed by atoms with E-state index in [1.165, 1.54) is 0 Å². The van der Waals surface area contributed by atoms with Crippen molar-refractivity contribution in [3.8, 4) is 11.5 Å². The second-order valence-corrected chi connectivity index (χ2v) is 4.28. The van der Waals surface area contributed by atoms with Crippen LogP contribution in [-0.2, 0) is 0 Å². The molecule has 0 unspecified atom stereocenters. The lowest BCUT2D eigenvalue weighted by atomic mass is 10.1. The molecule has 6 nitrogen and oxygen atoms in total. The number of nitrogens with zero attached hydrogens (tertiary/aromatic N) is 1. The SMILES string of the molecule is Cc1ccc(Oc2cc(F)c(C(=O)O)cc2[N+](=O)[O-])cc1. The largest absolute Gasteiger partial charge is 0.478 e. The number of aryl methyl sites for hydroxylation is 1. The minimum Gasteiger partial charge on any atom is -0.478 e. The predicted octanol–water partition coefficient (Wildman–Crippen LogP) is 3.53. The van der Waals surface area contributed by atoms with Gasteiger partial charge in [0, 0.05) is 12.1 Å². The number of nitro benzene ring substituents is 1. The maximum atomic E-state index is 13.6. The highest BCUT2D eigenvalue weighted by molar-refractivity contribution is 5.89. The molecule has 7 heteroatoms. The molecule has 108 valence electrons. The summed E-state index contributed by atoms with van der Waals surface area (Å²) in [5.41, 5.74) is -0.434. The van der Waals surface area contributed by atoms with Gasteiger partial charge in [0.25, 0.3) is 0 Å². The Labute approximate surface area is 118 Å². The van der Waals surface area contributed by atoms with Crippen LogP contribution < -0.4 is 4.74 Å². The quantitative estimate of drug-likeness (QED) is 0.687. The number of hydrogen-bond donors (Lipinski definition) is 1. The van der Waals surface area contributed by atoms with Gasteiger partial charge in [0.1, 0.15) is 17.1 Å². The fourth-order valence-electron chi connectivity index (χ4n) is 1.67. The van der Waals surface area contributed by atoms with Crippen LogP contribution in [0.5, 0.6) is 11.5 Å². The Morgan fingerprint density at radius 2 is 1.90 bits per heavy atom. The Morgan fingerprint density at radius 3 is 2.43 bits per heavy atom. The molecule has 0 amide bonds. The van der Waals surface area contributed by atoms with E-state index in [1.807, 2.05) is 6.92 Å². The molecule has 0 aliphatic heterocycles. The standard InChI is InChI=1S/C14H10FNO5/c1-8-2-4-9(5-3-8)21-13-7-11(15)10(14(17)18)6-12(13)16(19)20/h2-7H,1H3,(H,17,18). The van der Waals surface area contributed by atoms with E-state index >= 15 is 0 Å². The van der Waals surface area contributed by atoms with Gasteiger partial charge in [-0.3, -0.25) is 10.1 Å². The topological polar surface area (TPSA) is 89.7 Å². The number of nitro groups is 1. The van der Waals surface area contributed by atoms with Gasteiger partial charge in [-0.15, -0.1) is 0 Å². The van der Waals surface area contributed by atoms with Crippen LogP contribution in [0.4, 0.5) is 10.1 Å². The van der Waals surface area contributed by atoms with Crippen molar-refractivity contribution in [2.75, 3.05) is 0 Å². The lowest BCUT2D eigenvalue weighted by Gasteiger charge is -2.08. The van der Waals surface area contributed by atoms with Crippen LogP contribution in [0.15, 0.2) is 36.4 Å². The molecule has 0 fully saturated rings. The molecular weight excluding hydrogens is 281 g/mol. The normalized spacial score (nSPS) is 10.2. The van der Waals surface area contributed by atoms with Crippen molar-refractivity contribution in [2.45, 2.75) is 6.92 Å². The van der Waals surface area contributed by atoms with Crippen molar-refractivity contribution in [1.82, 2.24) is 0 Å². The second kappa shape index (κ2) is 5.58. The Balaban J connectivity index is 2.47. The number of hydrogen-bond acceptors (Lipinski definition) is 4. The molecule has 0 saturated heterocycles. The van der Waals surface area contributed by atoms with Crippen LogP contribution in [0, 0.1) is 22.9 Å². The zero-order valence-electron chi connectivity index (χ0n) is 10.9. The number of carboxylic acid groups (broad SMARTS) is 1. The number of aromatic carboxylic acids is 1. The van der Waals surface area contributed by atoms with Crippen LogP contribution in [0.3, 0.4) is 0 Å². The summed E-state index contributed by atoms with van der Waals surface area (Å²) in [4.78, 5) is 20.9. The zero-order chi connectivity index (χ0) is 15.6. The molecule has 2 aromatic rings. The summed E-state index contributed by atoms with van der Waals surface area (Å²) in [6, 6.07) is 7.93. The molecule has 0 atom stereocenters. The lowest BCUT2D eigenvalue weighted by molar-refractivity contribution is -0.385. The highest BCUT2D eigenvalue weighted by atomic mass is 19.1. The third-order valence-electron chi connectivity index (χ3n) is 2.72. The van der Waals surface area contributed by atoms with Gasteiger partial charge in [-0.05, 0) is 19.1 Å². The molecule has 0 aliphatic carbocycles. The smallest absolute Gasteiger partial charge is 0.338 e. The molecule has 0 aromatic heterocycles. The first-order chi connectivity index (χ1) is 9.88. The van der Waals surface area contributed by atoms with Crippen molar-refractivity contribution in [3.63, 3.8) is 0 Å². The maximum Gasteiger partial charge on any atom is 0.338 e. The van der Waals surface area contributed by atoms with Gasteiger partial charge in [-0.2, -0.15) is 0 Å². The van der Waals surface area contributed by atoms with E-state index in [-0.39, 0.29) is 11.5 Å². The summed E-state index contributed by atoms with van der Waals surface area (Å²) in [5, 5.41) is 19.7. The van der Waals surface area contributed by atoms with Crippen molar-refractivity contribution in [1.29, 1.82) is 0 Å². The Kier molecular flexibility index (Phi) is 3.84. The van der Waals surface area contributed by atoms with Crippen molar-refractivity contribution in [2.24, 2.45) is 0 Å². The van der Waals surface area contributed by atoms with Gasteiger partial charge in [-0.1, -0.05) is 17.7 Å². The number of halogens is 1. The Hall–Kier alpha value is -2.96. The average Bonchev–Trinajstić information content (AvgIpc) is 2.40. The van der Waals surface area contributed by atoms with Gasteiger partial charge < -0.3 is 9.84 Å². The van der Waals surface area contributed by atoms with Crippen molar-refractivity contribution >= 4 is 11.7 Å². The molecule has 2 rings (SSSR count). The van der Waals surface area contributed by atoms with Crippen LogP contribution in [0.1, 0.15) is 15.9 Å². The molecule has 1 N–H and O–H groups in total. The van der Waals surface area contributed by atoms with Gasteiger partial charge >= 0.3 is 11.7 Å². The van der Waals surface area contributed by atoms with Crippen molar-refractivity contribution in [3.05, 3.63) is 63.5 Å². The van der Waals surface area contributed by atoms with Crippen LogP contribution in [-0.4, -0.2) is 16.0 Å². The van der Waals surface area contributed by atoms with Gasteiger partial charge in [0.15, 0.2) is 0 Å². The summed E-state index contributed by atoms with van der Waals surface area (Å²) in [5.74, 6) is -2.76. The highest BCUT2D eigenvalue weighted by Gasteiger charge is 2.23. The van der Waals surface area contributed by atoms with E-state index in [9.17, 15) is 19.3 Å². The summed E-state index contributed by atoms with van der Waals surface area (Å²) in [7, 11) is 0. The molecule has 0 radical (unpaired) electrons. The summed E-state index contributed by atoms with van der Waals surface area (Å²) >= 11 is 0. The highest BCUT2D eigenvalue weighted by Crippen LogP contribution is 2.33. The van der Waals surface area contributed by atoms with E-state index in [0.29, 0.717) is 12.1 Å². The van der Waals surface area contributed by atoms with Crippen LogP contribution in [0.25, 0.3) is 0 Å². The van der Waals surface area contributed by atoms with Gasteiger partial charge in [0.05, 0.1) is 4.92 Å². The fourth-order valence-corrected chi connectivity index (χ4v) is 1.67. The second-order valence-electron chi connectivity index (χ2n) is 4.28. The number of rotatable bonds is 4. The summed E-state index contributed by atoms with van der Waals surface area (Å²) in [6.45, 7) is 1.85. The minimum absolute atomic E-state index is 0.283. The Bertz CT molecular complexity index is 712. The van der Waals surface area contributed by atoms with E-state index in [2.05, 4.69) is 0 Å². The number of carbonyl (C=O) groups is 1. The van der Waals surface area contributed by atoms with E-state index < -0.39 is 28.0 Å². The first kappa shape index (κ1) is 14.4. The third kappa shape index (κ3) is 3.14. The van der Waals surface area contributed by atoms with Crippen LogP contribution >= 0.6 is 0 Å². The number of carboxylic acids is 1. The average molecular weight is 291 g/mol. The van der Waals surface area contributed by atoms with E-state index in [1.54, 1.807) is 24.3 Å². The lowest BCUT2D eigenvalue weighted by Crippen LogP contribution is -2.03. The molecule has 0 bridgehead atoms. The zero-order valence-corrected chi connectivity index (χ0v) is 10.9. The minimum atomic E-state index is -1.59. The number of benzene rings is 2. The van der Waals surface area contributed by atoms with Gasteiger partial charge in [0.2, 0.25) is 5.75 Å². The Morgan fingerprint density at radius 1 is 1.29 bits per heavy atom. The molecule has 0 saturated carbocycles. The van der Waals surface area contributed by atoms with Crippen LogP contribution in [0.2, 0.25) is 0 Å². The molecule has 0 spiro atoms. The third-order valence-corrected chi connectivity index (χ3v) is 2.72. The first-order valence-electron chi connectivity index (χ1n) is 5.84. The molecule has 21 heavy (non-hydrogen) atoms. The van der Waals surface area contributed by atoms with Gasteiger partial charge in [-0.25, -0.2) is 9.18 Å². The molecule has 0 heterocycles. The monoisotopic (exact) mass is 291 g/mol. The number of ether oxygens (including phenoxy) is 1. The summed E-state index contributed by atoms with van der Waals surface area (Å²) < 4.78 is 18.9. The molecular formula is C14H10FNO5. The first-order valence-corrected chi connectivity index (χ1v) is 5.84. The fraction of sp³-hybridized carbons (Fsp3) is 0.0714. The molecule has 2 aromatic carbocycles. The molecule has 0 aliphatic rings. The van der Waals surface area contributed by atoms with Crippen molar-refractivity contribution < 1.29 is 24.0 Å². The maximum absolute atomic E-state index is 13.6.